The van der Waals surface area contributed by atoms with Crippen molar-refractivity contribution in [3.05, 3.63) is 60.6 Å². The summed E-state index contributed by atoms with van der Waals surface area (Å²) in [6, 6.07) is 12.0. The standard InChI is InChI=1S/C24H28N4O3/c1-28-15-22(19-8-10-25-11-9-19)24(27-28)20-6-4-5-18(13-20)14-26-23(29)17-30-16-21-7-2-3-12-31-21/h4-6,8-11,13,15,21H,2-3,7,12,14,16-17H2,1H3,(H,26,29)/t21-/m1/s1. The Balaban J connectivity index is 1.35. The van der Waals surface area contributed by atoms with Crippen LogP contribution in [0.25, 0.3) is 22.4 Å². The second kappa shape index (κ2) is 10.3. The van der Waals surface area contributed by atoms with Crippen LogP contribution < -0.4 is 5.32 Å². The zero-order chi connectivity index (χ0) is 21.5. The molecule has 1 aliphatic rings. The lowest BCUT2D eigenvalue weighted by Gasteiger charge is -2.22. The molecule has 0 unspecified atom stereocenters. The molecule has 3 heterocycles. The maximum absolute atomic E-state index is 12.2. The molecule has 7 heteroatoms. The van der Waals surface area contributed by atoms with Gasteiger partial charge in [0, 0.05) is 49.9 Å². The number of ether oxygens (including phenoxy) is 2. The van der Waals surface area contributed by atoms with Crippen LogP contribution in [0.5, 0.6) is 0 Å². The summed E-state index contributed by atoms with van der Waals surface area (Å²) < 4.78 is 13.0. The van der Waals surface area contributed by atoms with E-state index >= 15 is 0 Å². The number of hydrogen-bond donors (Lipinski definition) is 1. The fraction of sp³-hybridized carbons (Fsp3) is 0.375. The third kappa shape index (κ3) is 5.77. The van der Waals surface area contributed by atoms with Gasteiger partial charge in [0.25, 0.3) is 0 Å². The fourth-order valence-corrected chi connectivity index (χ4v) is 3.75. The van der Waals surface area contributed by atoms with Crippen LogP contribution in [0, 0.1) is 0 Å². The van der Waals surface area contributed by atoms with Crippen LogP contribution in [0.3, 0.4) is 0 Å². The van der Waals surface area contributed by atoms with Gasteiger partial charge in [-0.1, -0.05) is 18.2 Å². The monoisotopic (exact) mass is 420 g/mol. The van der Waals surface area contributed by atoms with E-state index in [1.54, 1.807) is 12.4 Å². The topological polar surface area (TPSA) is 78.3 Å². The Hall–Kier alpha value is -3.03. The van der Waals surface area contributed by atoms with Crippen molar-refractivity contribution in [3.63, 3.8) is 0 Å². The lowest BCUT2D eigenvalue weighted by Crippen LogP contribution is -2.30. The van der Waals surface area contributed by atoms with Crippen LogP contribution in [0.4, 0.5) is 0 Å². The molecule has 1 atom stereocenters. The number of amides is 1. The summed E-state index contributed by atoms with van der Waals surface area (Å²) in [5, 5.41) is 7.58. The highest BCUT2D eigenvalue weighted by Crippen LogP contribution is 2.30. The number of carbonyl (C=O) groups is 1. The van der Waals surface area contributed by atoms with Gasteiger partial charge in [-0.2, -0.15) is 5.10 Å². The quantitative estimate of drug-likeness (QED) is 0.605. The van der Waals surface area contributed by atoms with Gasteiger partial charge in [0.1, 0.15) is 12.3 Å². The summed E-state index contributed by atoms with van der Waals surface area (Å²) in [7, 11) is 1.91. The van der Waals surface area contributed by atoms with Crippen molar-refractivity contribution in [1.82, 2.24) is 20.1 Å². The fourth-order valence-electron chi connectivity index (χ4n) is 3.75. The van der Waals surface area contributed by atoms with Gasteiger partial charge in [-0.25, -0.2) is 0 Å². The largest absolute Gasteiger partial charge is 0.376 e. The Kier molecular flexibility index (Phi) is 7.07. The van der Waals surface area contributed by atoms with Gasteiger partial charge in [-0.05, 0) is 48.6 Å². The summed E-state index contributed by atoms with van der Waals surface area (Å²) >= 11 is 0. The maximum atomic E-state index is 12.2. The van der Waals surface area contributed by atoms with Gasteiger partial charge in [0.2, 0.25) is 5.91 Å². The minimum atomic E-state index is -0.128. The first kappa shape index (κ1) is 21.2. The molecule has 1 amide bonds. The first-order valence-corrected chi connectivity index (χ1v) is 10.7. The highest BCUT2D eigenvalue weighted by molar-refractivity contribution is 5.80. The SMILES string of the molecule is Cn1cc(-c2ccncc2)c(-c2cccc(CNC(=O)COC[C@H]3CCCCO3)c2)n1. The van der Waals surface area contributed by atoms with E-state index < -0.39 is 0 Å². The van der Waals surface area contributed by atoms with Gasteiger partial charge in [0.05, 0.1) is 12.7 Å². The number of benzene rings is 1. The molecule has 0 saturated carbocycles. The number of hydrogen-bond acceptors (Lipinski definition) is 5. The number of nitrogens with zero attached hydrogens (tertiary/aromatic N) is 3. The summed E-state index contributed by atoms with van der Waals surface area (Å²) in [5.74, 6) is -0.128. The smallest absolute Gasteiger partial charge is 0.246 e. The summed E-state index contributed by atoms with van der Waals surface area (Å²) in [5.41, 5.74) is 5.02. The van der Waals surface area contributed by atoms with Crippen LogP contribution in [0.2, 0.25) is 0 Å². The van der Waals surface area contributed by atoms with Crippen LogP contribution in [0.1, 0.15) is 24.8 Å². The third-order valence-electron chi connectivity index (χ3n) is 5.32. The number of rotatable bonds is 8. The molecule has 0 spiro atoms. The lowest BCUT2D eigenvalue weighted by atomic mass is 10.0. The van der Waals surface area contributed by atoms with E-state index in [1.807, 2.05) is 48.3 Å². The number of carbonyl (C=O) groups excluding carboxylic acids is 1. The van der Waals surface area contributed by atoms with E-state index in [0.717, 1.165) is 53.8 Å². The van der Waals surface area contributed by atoms with Crippen molar-refractivity contribution in [2.45, 2.75) is 31.9 Å². The Morgan fingerprint density at radius 1 is 1.23 bits per heavy atom. The predicted octanol–water partition coefficient (Wildman–Crippen LogP) is 3.35. The Labute approximate surface area is 182 Å². The number of pyridine rings is 1. The average Bonchev–Trinajstić information content (AvgIpc) is 3.21. The Bertz CT molecular complexity index is 997. The van der Waals surface area contributed by atoms with E-state index in [-0.39, 0.29) is 18.6 Å². The zero-order valence-electron chi connectivity index (χ0n) is 17.8. The maximum Gasteiger partial charge on any atom is 0.246 e. The van der Waals surface area contributed by atoms with Gasteiger partial charge in [-0.15, -0.1) is 0 Å². The number of aromatic nitrogens is 3. The van der Waals surface area contributed by atoms with Crippen LogP contribution >= 0.6 is 0 Å². The van der Waals surface area contributed by atoms with E-state index in [1.165, 1.54) is 0 Å². The number of aryl methyl sites for hydroxylation is 1. The van der Waals surface area contributed by atoms with Crippen LogP contribution in [-0.2, 0) is 27.9 Å². The van der Waals surface area contributed by atoms with Gasteiger partial charge in [0.15, 0.2) is 0 Å². The molecule has 1 aliphatic heterocycles. The summed E-state index contributed by atoms with van der Waals surface area (Å²) in [6.07, 6.45) is 8.96. The normalized spacial score (nSPS) is 16.2. The third-order valence-corrected chi connectivity index (χ3v) is 5.32. The Morgan fingerprint density at radius 2 is 2.10 bits per heavy atom. The molecule has 0 aliphatic carbocycles. The van der Waals surface area contributed by atoms with Crippen molar-refractivity contribution in [3.8, 4) is 22.4 Å². The molecule has 3 aromatic rings. The highest BCUT2D eigenvalue weighted by Gasteiger charge is 2.15. The molecule has 7 nitrogen and oxygen atoms in total. The second-order valence-corrected chi connectivity index (χ2v) is 7.78. The van der Waals surface area contributed by atoms with E-state index in [2.05, 4.69) is 21.5 Å². The molecule has 1 aromatic carbocycles. The second-order valence-electron chi connectivity index (χ2n) is 7.78. The predicted molar refractivity (Wildman–Crippen MR) is 118 cm³/mol. The minimum absolute atomic E-state index is 0.0476. The van der Waals surface area contributed by atoms with Gasteiger partial charge >= 0.3 is 0 Å². The number of nitrogens with one attached hydrogen (secondary N) is 1. The first-order valence-electron chi connectivity index (χ1n) is 10.7. The molecule has 0 radical (unpaired) electrons. The van der Waals surface area contributed by atoms with Gasteiger partial charge in [-0.3, -0.25) is 14.5 Å². The molecule has 162 valence electrons. The summed E-state index contributed by atoms with van der Waals surface area (Å²) in [6.45, 7) is 1.75. The van der Waals surface area contributed by atoms with E-state index in [0.29, 0.717) is 13.2 Å². The molecular formula is C24H28N4O3. The minimum Gasteiger partial charge on any atom is -0.376 e. The molecule has 4 rings (SSSR count). The molecule has 0 bridgehead atoms. The van der Waals surface area contributed by atoms with Crippen molar-refractivity contribution >= 4 is 5.91 Å². The van der Waals surface area contributed by atoms with Crippen molar-refractivity contribution < 1.29 is 14.3 Å². The van der Waals surface area contributed by atoms with Crippen molar-refractivity contribution in [1.29, 1.82) is 0 Å². The lowest BCUT2D eigenvalue weighted by molar-refractivity contribution is -0.128. The molecule has 2 aromatic heterocycles. The van der Waals surface area contributed by atoms with Crippen LogP contribution in [0.15, 0.2) is 55.0 Å². The molecule has 1 fully saturated rings. The highest BCUT2D eigenvalue weighted by atomic mass is 16.5. The van der Waals surface area contributed by atoms with E-state index in [4.69, 9.17) is 9.47 Å². The van der Waals surface area contributed by atoms with Gasteiger partial charge < -0.3 is 14.8 Å². The van der Waals surface area contributed by atoms with Crippen molar-refractivity contribution in [2.24, 2.45) is 7.05 Å². The molecule has 1 N–H and O–H groups in total. The Morgan fingerprint density at radius 3 is 2.90 bits per heavy atom. The molecular weight excluding hydrogens is 392 g/mol. The zero-order valence-corrected chi connectivity index (χ0v) is 17.8. The molecule has 31 heavy (non-hydrogen) atoms. The summed E-state index contributed by atoms with van der Waals surface area (Å²) in [4.78, 5) is 16.3. The van der Waals surface area contributed by atoms with Crippen molar-refractivity contribution in [2.75, 3.05) is 19.8 Å². The average molecular weight is 421 g/mol. The molecule has 1 saturated heterocycles. The first-order chi connectivity index (χ1) is 15.2. The van der Waals surface area contributed by atoms with Crippen LogP contribution in [-0.4, -0.2) is 46.6 Å². The van der Waals surface area contributed by atoms with E-state index in [9.17, 15) is 4.79 Å².